The van der Waals surface area contributed by atoms with Crippen LogP contribution in [0.15, 0.2) is 36.4 Å². The van der Waals surface area contributed by atoms with Gasteiger partial charge in [-0.05, 0) is 42.3 Å². The first-order valence-electron chi connectivity index (χ1n) is 10.5. The molecule has 7 N–H and O–H groups in total. The quantitative estimate of drug-likeness (QED) is 0.358. The van der Waals surface area contributed by atoms with Crippen LogP contribution in [0, 0.1) is 0 Å². The number of carboxylic acid groups (broad SMARTS) is 1. The van der Waals surface area contributed by atoms with E-state index in [0.717, 1.165) is 4.90 Å². The first kappa shape index (κ1) is 24.5. The number of nitrogens with zero attached hydrogens (tertiary/aromatic N) is 1. The Hall–Kier alpha value is -4.12. The number of nitrogens with two attached hydrogens (primary N) is 1. The highest BCUT2D eigenvalue weighted by molar-refractivity contribution is 5.94. The first-order valence-corrected chi connectivity index (χ1v) is 10.5. The Bertz CT molecular complexity index is 1150. The summed E-state index contributed by atoms with van der Waals surface area (Å²) in [7, 11) is 1.37. The molecule has 1 aliphatic rings. The van der Waals surface area contributed by atoms with Crippen molar-refractivity contribution in [2.45, 2.75) is 31.5 Å². The molecule has 1 heterocycles. The number of likely N-dealkylation sites (N-methyl/N-ethyl adjacent to an activating group) is 1. The second kappa shape index (κ2) is 9.79. The summed E-state index contributed by atoms with van der Waals surface area (Å²) in [5.41, 5.74) is 6.61. The number of carbonyl (C=O) groups excluding carboxylic acids is 3. The summed E-state index contributed by atoms with van der Waals surface area (Å²) in [6.07, 6.45) is -0.105. The van der Waals surface area contributed by atoms with E-state index in [9.17, 15) is 34.5 Å². The van der Waals surface area contributed by atoms with Crippen LogP contribution in [-0.4, -0.2) is 69.6 Å². The number of carbonyl (C=O) groups is 4. The van der Waals surface area contributed by atoms with Crippen molar-refractivity contribution in [1.29, 1.82) is 0 Å². The van der Waals surface area contributed by atoms with E-state index in [1.54, 1.807) is 0 Å². The third-order valence-corrected chi connectivity index (χ3v) is 5.70. The molecule has 3 atom stereocenters. The largest absolute Gasteiger partial charge is 0.507 e. The summed E-state index contributed by atoms with van der Waals surface area (Å²) < 4.78 is 0. The summed E-state index contributed by atoms with van der Waals surface area (Å²) in [5, 5.41) is 35.5. The number of hydrogen-bond donors (Lipinski definition) is 6. The van der Waals surface area contributed by atoms with Gasteiger partial charge in [-0.2, -0.15) is 0 Å². The van der Waals surface area contributed by atoms with Gasteiger partial charge in [-0.3, -0.25) is 14.4 Å². The number of hydrogen-bond acceptors (Lipinski definition) is 7. The Labute approximate surface area is 195 Å². The number of amides is 3. The molecule has 0 radical (unpaired) electrons. The van der Waals surface area contributed by atoms with Crippen molar-refractivity contribution in [1.82, 2.24) is 15.5 Å². The van der Waals surface area contributed by atoms with Gasteiger partial charge in [0, 0.05) is 24.6 Å². The zero-order valence-corrected chi connectivity index (χ0v) is 18.6. The number of fused-ring (bicyclic) bond motifs is 5. The lowest BCUT2D eigenvalue weighted by Crippen LogP contribution is -2.53. The third-order valence-electron chi connectivity index (χ3n) is 5.70. The minimum absolute atomic E-state index is 0.105. The number of phenols is 2. The number of benzene rings is 2. The number of nitrogens with one attached hydrogen (secondary N) is 2. The van der Waals surface area contributed by atoms with Crippen LogP contribution in [0.2, 0.25) is 0 Å². The highest BCUT2D eigenvalue weighted by atomic mass is 16.4. The lowest BCUT2D eigenvalue weighted by molar-refractivity contribution is -0.142. The van der Waals surface area contributed by atoms with Crippen LogP contribution in [0.1, 0.15) is 24.1 Å². The van der Waals surface area contributed by atoms with Crippen molar-refractivity contribution >= 4 is 23.7 Å². The molecule has 3 rings (SSSR count). The van der Waals surface area contributed by atoms with Gasteiger partial charge in [-0.1, -0.05) is 12.1 Å². The van der Waals surface area contributed by atoms with Crippen molar-refractivity contribution in [3.05, 3.63) is 47.5 Å². The maximum absolute atomic E-state index is 13.2. The molecule has 180 valence electrons. The molecule has 2 aromatic rings. The first-order chi connectivity index (χ1) is 16.0. The molecule has 0 fully saturated rings. The molecule has 0 aromatic heterocycles. The maximum Gasteiger partial charge on any atom is 0.326 e. The zero-order valence-electron chi connectivity index (χ0n) is 18.6. The van der Waals surface area contributed by atoms with Crippen LogP contribution in [0.3, 0.4) is 0 Å². The van der Waals surface area contributed by atoms with Crippen molar-refractivity contribution in [3.8, 4) is 22.6 Å². The monoisotopic (exact) mass is 470 g/mol. The van der Waals surface area contributed by atoms with Gasteiger partial charge in [0.2, 0.25) is 17.7 Å². The van der Waals surface area contributed by atoms with Gasteiger partial charge in [0.15, 0.2) is 0 Å². The molecule has 2 aromatic carbocycles. The summed E-state index contributed by atoms with van der Waals surface area (Å²) in [4.78, 5) is 51.1. The lowest BCUT2D eigenvalue weighted by atomic mass is 9.94. The molecular weight excluding hydrogens is 444 g/mol. The van der Waals surface area contributed by atoms with Gasteiger partial charge in [-0.15, -0.1) is 0 Å². The van der Waals surface area contributed by atoms with Gasteiger partial charge >= 0.3 is 5.97 Å². The van der Waals surface area contributed by atoms with Gasteiger partial charge < -0.3 is 36.6 Å². The molecule has 0 saturated heterocycles. The van der Waals surface area contributed by atoms with E-state index in [1.807, 2.05) is 0 Å². The highest BCUT2D eigenvalue weighted by Gasteiger charge is 2.32. The predicted molar refractivity (Wildman–Crippen MR) is 121 cm³/mol. The van der Waals surface area contributed by atoms with Crippen molar-refractivity contribution in [3.63, 3.8) is 0 Å². The fourth-order valence-corrected chi connectivity index (χ4v) is 3.79. The van der Waals surface area contributed by atoms with Crippen molar-refractivity contribution in [2.24, 2.45) is 5.73 Å². The zero-order chi connectivity index (χ0) is 25.2. The average molecular weight is 470 g/mol. The smallest absolute Gasteiger partial charge is 0.326 e. The summed E-state index contributed by atoms with van der Waals surface area (Å²) >= 11 is 0. The third kappa shape index (κ3) is 4.94. The molecule has 0 saturated carbocycles. The summed E-state index contributed by atoms with van der Waals surface area (Å²) in [6, 6.07) is 4.91. The Morgan fingerprint density at radius 3 is 2.26 bits per heavy atom. The standard InChI is InChI=1S/C23H26N4O7/c1-11-21(31)26-16(23(33)34)8-12-3-5-17(28)14(7-12)15-9-13(4-6-18(15)29)20(22(32)25-11)27(2)19(30)10-24/h3-7,9,11,16,20,28-29H,8,10,24H2,1-2H3,(H,25,32)(H,26,31)(H,33,34)/t11-,16?,20-/m0/s1. The fraction of sp³-hybridized carbons (Fsp3) is 0.304. The number of aromatic hydroxyl groups is 2. The molecule has 34 heavy (non-hydrogen) atoms. The average Bonchev–Trinajstić information content (AvgIpc) is 2.79. The minimum atomic E-state index is -1.32. The van der Waals surface area contributed by atoms with Crippen LogP contribution in [0.25, 0.3) is 11.1 Å². The van der Waals surface area contributed by atoms with Crippen LogP contribution >= 0.6 is 0 Å². The van der Waals surface area contributed by atoms with Crippen LogP contribution in [0.4, 0.5) is 0 Å². The number of phenolic OH excluding ortho intramolecular Hbond substituents is 2. The lowest BCUT2D eigenvalue weighted by Gasteiger charge is -2.29. The topological polar surface area (TPSA) is 182 Å². The van der Waals surface area contributed by atoms with Gasteiger partial charge in [0.25, 0.3) is 0 Å². The minimum Gasteiger partial charge on any atom is -0.507 e. The van der Waals surface area contributed by atoms with E-state index in [-0.39, 0.29) is 35.6 Å². The molecule has 0 spiro atoms. The Morgan fingerprint density at radius 1 is 1.03 bits per heavy atom. The summed E-state index contributed by atoms with van der Waals surface area (Å²) in [6.45, 7) is 1.02. The van der Waals surface area contributed by atoms with Crippen molar-refractivity contribution in [2.75, 3.05) is 13.6 Å². The van der Waals surface area contributed by atoms with E-state index in [0.29, 0.717) is 11.1 Å². The van der Waals surface area contributed by atoms with Crippen molar-refractivity contribution < 1.29 is 34.5 Å². The van der Waals surface area contributed by atoms with Gasteiger partial charge in [0.1, 0.15) is 29.6 Å². The normalized spacial score (nSPS) is 20.5. The second-order valence-corrected chi connectivity index (χ2v) is 8.07. The maximum atomic E-state index is 13.2. The SMILES string of the molecule is C[C@@H]1NC(=O)[C@@H](N(C)C(=O)CN)c2ccc(O)c(c2)-c2cc(ccc2O)CC(C(=O)O)NC1=O. The number of rotatable bonds is 3. The molecule has 0 aliphatic carbocycles. The highest BCUT2D eigenvalue weighted by Crippen LogP contribution is 2.38. The Balaban J connectivity index is 2.24. The molecule has 11 nitrogen and oxygen atoms in total. The second-order valence-electron chi connectivity index (χ2n) is 8.07. The Kier molecular flexibility index (Phi) is 7.06. The van der Waals surface area contributed by atoms with Crippen LogP contribution in [0.5, 0.6) is 11.5 Å². The molecule has 11 heteroatoms. The summed E-state index contributed by atoms with van der Waals surface area (Å²) in [5.74, 6) is -3.68. The molecule has 3 amide bonds. The van der Waals surface area contributed by atoms with Gasteiger partial charge in [0.05, 0.1) is 6.54 Å². The van der Waals surface area contributed by atoms with Gasteiger partial charge in [-0.25, -0.2) is 4.79 Å². The molecule has 1 unspecified atom stereocenters. The van der Waals surface area contributed by atoms with E-state index in [2.05, 4.69) is 10.6 Å². The van der Waals surface area contributed by atoms with E-state index < -0.39 is 41.8 Å². The predicted octanol–water partition coefficient (Wildman–Crippen LogP) is -0.147. The van der Waals surface area contributed by atoms with Crippen LogP contribution < -0.4 is 16.4 Å². The number of aliphatic carboxylic acids is 1. The fourth-order valence-electron chi connectivity index (χ4n) is 3.79. The molecule has 1 aliphatic heterocycles. The van der Waals surface area contributed by atoms with E-state index in [1.165, 1.54) is 50.4 Å². The van der Waals surface area contributed by atoms with E-state index >= 15 is 0 Å². The van der Waals surface area contributed by atoms with E-state index in [4.69, 9.17) is 5.73 Å². The van der Waals surface area contributed by atoms with Crippen LogP contribution in [-0.2, 0) is 25.6 Å². The number of carboxylic acids is 1. The Morgan fingerprint density at radius 2 is 1.65 bits per heavy atom. The molecule has 4 bridgehead atoms. The molecular formula is C23H26N4O7.